The zero-order valence-electron chi connectivity index (χ0n) is 22.3. The Kier molecular flexibility index (Phi) is 6.26. The van der Waals surface area contributed by atoms with Crippen LogP contribution in [-0.2, 0) is 11.2 Å². The minimum Gasteiger partial charge on any atom is -0.497 e. The van der Waals surface area contributed by atoms with Crippen molar-refractivity contribution < 1.29 is 19.1 Å². The van der Waals surface area contributed by atoms with Gasteiger partial charge in [0.05, 0.1) is 23.6 Å². The summed E-state index contributed by atoms with van der Waals surface area (Å²) in [7, 11) is 1.64. The predicted molar refractivity (Wildman–Crippen MR) is 146 cm³/mol. The number of methoxy groups -OCH3 is 1. The summed E-state index contributed by atoms with van der Waals surface area (Å²) in [6.07, 6.45) is 0.454. The van der Waals surface area contributed by atoms with Crippen LogP contribution in [0.2, 0.25) is 0 Å². The number of ether oxygens (including phenoxy) is 1. The number of carboxylic acid groups (broad SMARTS) is 1. The number of H-pyrrole nitrogens is 1. The molecule has 0 fully saturated rings. The van der Waals surface area contributed by atoms with Crippen molar-refractivity contribution in [3.05, 3.63) is 70.8 Å². The topological polar surface area (TPSA) is 114 Å². The Hall–Kier alpha value is -4.46. The monoisotopic (exact) mass is 510 g/mol. The number of nitrogens with one attached hydrogen (secondary N) is 1. The normalized spacial score (nSPS) is 11.7. The van der Waals surface area contributed by atoms with Crippen molar-refractivity contribution in [3.8, 4) is 40.0 Å². The highest BCUT2D eigenvalue weighted by molar-refractivity contribution is 5.84. The highest BCUT2D eigenvalue weighted by atomic mass is 16.5. The van der Waals surface area contributed by atoms with Crippen LogP contribution in [-0.4, -0.2) is 38.4 Å². The molecule has 3 aromatic carbocycles. The largest absolute Gasteiger partial charge is 0.497 e. The van der Waals surface area contributed by atoms with E-state index in [1.165, 1.54) is 0 Å². The molecule has 0 unspecified atom stereocenters. The first-order valence-corrected chi connectivity index (χ1v) is 12.4. The van der Waals surface area contributed by atoms with Gasteiger partial charge in [-0.1, -0.05) is 12.1 Å². The summed E-state index contributed by atoms with van der Waals surface area (Å²) in [5, 5.41) is 18.0. The molecular weight excluding hydrogens is 480 g/mol. The lowest BCUT2D eigenvalue weighted by Crippen LogP contribution is -2.26. The molecule has 2 aromatic heterocycles. The van der Waals surface area contributed by atoms with Gasteiger partial charge in [-0.25, -0.2) is 4.98 Å². The van der Waals surface area contributed by atoms with Gasteiger partial charge in [0.2, 0.25) is 11.8 Å². The molecule has 0 aliphatic heterocycles. The van der Waals surface area contributed by atoms with Crippen LogP contribution in [0.25, 0.3) is 45.3 Å². The number of aromatic nitrogens is 4. The van der Waals surface area contributed by atoms with Crippen LogP contribution < -0.4 is 4.74 Å². The summed E-state index contributed by atoms with van der Waals surface area (Å²) >= 11 is 0. The molecule has 2 heterocycles. The molecule has 0 saturated heterocycles. The number of carboxylic acids is 1. The number of benzene rings is 3. The van der Waals surface area contributed by atoms with Crippen LogP contribution in [0.3, 0.4) is 0 Å². The number of aliphatic carboxylic acids is 1. The second kappa shape index (κ2) is 9.45. The summed E-state index contributed by atoms with van der Waals surface area (Å²) < 4.78 is 11.3. The zero-order chi connectivity index (χ0) is 27.2. The van der Waals surface area contributed by atoms with Gasteiger partial charge in [-0.05, 0) is 99.7 Å². The van der Waals surface area contributed by atoms with E-state index in [4.69, 9.17) is 14.1 Å². The average molecular weight is 511 g/mol. The van der Waals surface area contributed by atoms with Gasteiger partial charge in [-0.15, -0.1) is 10.2 Å². The van der Waals surface area contributed by atoms with Gasteiger partial charge in [0.25, 0.3) is 0 Å². The Morgan fingerprint density at radius 3 is 2.34 bits per heavy atom. The van der Waals surface area contributed by atoms with Gasteiger partial charge in [-0.3, -0.25) is 4.79 Å². The van der Waals surface area contributed by atoms with E-state index in [-0.39, 0.29) is 0 Å². The summed E-state index contributed by atoms with van der Waals surface area (Å²) in [5.74, 6) is 1.60. The van der Waals surface area contributed by atoms with Crippen molar-refractivity contribution in [2.75, 3.05) is 7.11 Å². The Bertz CT molecular complexity index is 1660. The third kappa shape index (κ3) is 4.65. The molecule has 2 N–H and O–H groups in total. The van der Waals surface area contributed by atoms with Crippen molar-refractivity contribution in [3.63, 3.8) is 0 Å². The van der Waals surface area contributed by atoms with Crippen LogP contribution in [0.5, 0.6) is 5.75 Å². The van der Waals surface area contributed by atoms with Gasteiger partial charge in [-0.2, -0.15) is 0 Å². The molecular formula is C30H30N4O4. The summed E-state index contributed by atoms with van der Waals surface area (Å²) in [6.45, 7) is 9.52. The first-order chi connectivity index (χ1) is 18.1. The Balaban J connectivity index is 1.46. The fourth-order valence-corrected chi connectivity index (χ4v) is 4.83. The summed E-state index contributed by atoms with van der Waals surface area (Å²) in [5.41, 5.74) is 7.55. The van der Waals surface area contributed by atoms with Crippen LogP contribution in [0, 0.1) is 26.2 Å². The molecule has 38 heavy (non-hydrogen) atoms. The van der Waals surface area contributed by atoms with Crippen molar-refractivity contribution >= 4 is 17.0 Å². The molecule has 0 atom stereocenters. The third-order valence-electron chi connectivity index (χ3n) is 6.87. The molecule has 8 heteroatoms. The molecule has 5 aromatic rings. The third-order valence-corrected chi connectivity index (χ3v) is 6.87. The van der Waals surface area contributed by atoms with Crippen molar-refractivity contribution in [1.82, 2.24) is 20.2 Å². The van der Waals surface area contributed by atoms with E-state index in [1.807, 2.05) is 69.3 Å². The fraction of sp³-hybridized carbons (Fsp3) is 0.267. The smallest absolute Gasteiger partial charge is 0.309 e. The summed E-state index contributed by atoms with van der Waals surface area (Å²) in [4.78, 5) is 19.9. The van der Waals surface area contributed by atoms with Crippen molar-refractivity contribution in [2.24, 2.45) is 5.41 Å². The molecule has 0 aliphatic rings. The van der Waals surface area contributed by atoms with Gasteiger partial charge >= 0.3 is 5.97 Å². The maximum Gasteiger partial charge on any atom is 0.309 e. The molecule has 8 nitrogen and oxygen atoms in total. The quantitative estimate of drug-likeness (QED) is 0.256. The van der Waals surface area contributed by atoms with Crippen LogP contribution >= 0.6 is 0 Å². The molecule has 0 aliphatic carbocycles. The minimum absolute atomic E-state index is 0.422. The molecule has 5 rings (SSSR count). The number of carbonyl (C=O) groups is 1. The second-order valence-corrected chi connectivity index (χ2v) is 10.4. The number of aryl methyl sites for hydroxylation is 3. The average Bonchev–Trinajstić information content (AvgIpc) is 3.50. The molecule has 0 radical (unpaired) electrons. The number of rotatable bonds is 7. The molecule has 0 spiro atoms. The van der Waals surface area contributed by atoms with Crippen LogP contribution in [0.4, 0.5) is 0 Å². The lowest BCUT2D eigenvalue weighted by atomic mass is 9.84. The Morgan fingerprint density at radius 2 is 1.68 bits per heavy atom. The standard InChI is InChI=1S/C30H30N4O4/c1-16-13-21(37-6)8-9-22(16)28-34-33-27(38-28)20-7-10-23-24(14-20)32-26(31-23)25-17(2)11-19(12-18(25)3)15-30(4,5)29(35)36/h7-14H,15H2,1-6H3,(H,31,32)(H,35,36). The van der Waals surface area contributed by atoms with Gasteiger partial charge in [0, 0.05) is 16.7 Å². The Morgan fingerprint density at radius 1 is 0.974 bits per heavy atom. The van der Waals surface area contributed by atoms with E-state index in [2.05, 4.69) is 15.2 Å². The van der Waals surface area contributed by atoms with E-state index < -0.39 is 11.4 Å². The Labute approximate surface area is 220 Å². The van der Waals surface area contributed by atoms with Crippen molar-refractivity contribution in [1.29, 1.82) is 0 Å². The summed E-state index contributed by atoms with van der Waals surface area (Å²) in [6, 6.07) is 15.6. The van der Waals surface area contributed by atoms with E-state index in [0.29, 0.717) is 18.2 Å². The lowest BCUT2D eigenvalue weighted by molar-refractivity contribution is -0.146. The van der Waals surface area contributed by atoms with E-state index >= 15 is 0 Å². The predicted octanol–water partition coefficient (Wildman–Crippen LogP) is 6.53. The number of imidazole rings is 1. The molecule has 194 valence electrons. The second-order valence-electron chi connectivity index (χ2n) is 10.4. The van der Waals surface area contributed by atoms with Gasteiger partial charge in [0.1, 0.15) is 11.6 Å². The SMILES string of the molecule is COc1ccc(-c2nnc(-c3ccc4nc(-c5c(C)cc(CC(C)(C)C(=O)O)cc5C)[nH]c4c3)o2)c(C)c1. The zero-order valence-corrected chi connectivity index (χ0v) is 22.3. The van der Waals surface area contributed by atoms with Crippen LogP contribution in [0.15, 0.2) is 52.9 Å². The number of hydrogen-bond acceptors (Lipinski definition) is 6. The van der Waals surface area contributed by atoms with E-state index in [9.17, 15) is 9.90 Å². The van der Waals surface area contributed by atoms with E-state index in [1.54, 1.807) is 21.0 Å². The number of nitrogens with zero attached hydrogens (tertiary/aromatic N) is 3. The number of hydrogen-bond donors (Lipinski definition) is 2. The number of fused-ring (bicyclic) bond motifs is 1. The fourth-order valence-electron chi connectivity index (χ4n) is 4.83. The minimum atomic E-state index is -0.836. The van der Waals surface area contributed by atoms with E-state index in [0.717, 1.165) is 61.6 Å². The maximum absolute atomic E-state index is 11.6. The maximum atomic E-state index is 11.6. The first-order valence-electron chi connectivity index (χ1n) is 12.4. The lowest BCUT2D eigenvalue weighted by Gasteiger charge is -2.20. The highest BCUT2D eigenvalue weighted by Crippen LogP contribution is 2.33. The van der Waals surface area contributed by atoms with Crippen LogP contribution in [0.1, 0.15) is 36.1 Å². The molecule has 0 saturated carbocycles. The molecule has 0 bridgehead atoms. The highest BCUT2D eigenvalue weighted by Gasteiger charge is 2.28. The number of aromatic amines is 1. The van der Waals surface area contributed by atoms with Gasteiger partial charge in [0.15, 0.2) is 0 Å². The molecule has 0 amide bonds. The van der Waals surface area contributed by atoms with Crippen molar-refractivity contribution in [2.45, 2.75) is 41.0 Å². The van der Waals surface area contributed by atoms with Gasteiger partial charge < -0.3 is 19.2 Å². The first kappa shape index (κ1) is 25.2.